The summed E-state index contributed by atoms with van der Waals surface area (Å²) in [6, 6.07) is 1.90. The lowest BCUT2D eigenvalue weighted by molar-refractivity contribution is 0.756. The fraction of sp³-hybridized carbons (Fsp3) is 0.300. The monoisotopic (exact) mass is 188 g/mol. The van der Waals surface area contributed by atoms with E-state index in [4.69, 9.17) is 0 Å². The molecule has 2 aromatic rings. The van der Waals surface area contributed by atoms with Crippen LogP contribution in [-0.4, -0.2) is 19.7 Å². The van der Waals surface area contributed by atoms with Crippen LogP contribution in [-0.2, 0) is 7.05 Å². The van der Waals surface area contributed by atoms with Crippen molar-refractivity contribution in [3.05, 3.63) is 30.0 Å². The van der Waals surface area contributed by atoms with Crippen molar-refractivity contribution in [1.82, 2.24) is 19.7 Å². The van der Waals surface area contributed by atoms with Crippen molar-refractivity contribution < 1.29 is 0 Å². The standard InChI is InChI=1S/C10H12N4/c1-7-9(6-14(3)13-7)10-4-5-11-8(2)12-10/h4-6H,1-3H3. The van der Waals surface area contributed by atoms with Gasteiger partial charge < -0.3 is 0 Å². The van der Waals surface area contributed by atoms with Gasteiger partial charge in [-0.1, -0.05) is 0 Å². The molecular weight excluding hydrogens is 176 g/mol. The summed E-state index contributed by atoms with van der Waals surface area (Å²) < 4.78 is 1.79. The van der Waals surface area contributed by atoms with Crippen molar-refractivity contribution in [2.75, 3.05) is 0 Å². The minimum Gasteiger partial charge on any atom is -0.275 e. The van der Waals surface area contributed by atoms with Gasteiger partial charge in [0.2, 0.25) is 0 Å². The van der Waals surface area contributed by atoms with Crippen LogP contribution >= 0.6 is 0 Å². The molecule has 4 nitrogen and oxygen atoms in total. The normalized spacial score (nSPS) is 10.5. The van der Waals surface area contributed by atoms with Gasteiger partial charge in [-0.2, -0.15) is 5.10 Å². The Morgan fingerprint density at radius 1 is 1.29 bits per heavy atom. The zero-order valence-electron chi connectivity index (χ0n) is 8.52. The highest BCUT2D eigenvalue weighted by atomic mass is 15.2. The van der Waals surface area contributed by atoms with E-state index in [-0.39, 0.29) is 0 Å². The van der Waals surface area contributed by atoms with E-state index >= 15 is 0 Å². The van der Waals surface area contributed by atoms with E-state index in [1.165, 1.54) is 0 Å². The molecule has 0 N–H and O–H groups in total. The van der Waals surface area contributed by atoms with Gasteiger partial charge in [-0.15, -0.1) is 0 Å². The second-order valence-corrected chi connectivity index (χ2v) is 3.29. The highest BCUT2D eigenvalue weighted by Gasteiger charge is 2.06. The van der Waals surface area contributed by atoms with E-state index in [9.17, 15) is 0 Å². The van der Waals surface area contributed by atoms with Gasteiger partial charge in [-0.25, -0.2) is 9.97 Å². The number of aromatic nitrogens is 4. The summed E-state index contributed by atoms with van der Waals surface area (Å²) in [4.78, 5) is 8.42. The van der Waals surface area contributed by atoms with Crippen LogP contribution in [0.4, 0.5) is 0 Å². The van der Waals surface area contributed by atoms with E-state index < -0.39 is 0 Å². The first-order chi connectivity index (χ1) is 6.66. The van der Waals surface area contributed by atoms with Crippen molar-refractivity contribution >= 4 is 0 Å². The summed E-state index contributed by atoms with van der Waals surface area (Å²) in [5.74, 6) is 0.783. The zero-order chi connectivity index (χ0) is 10.1. The smallest absolute Gasteiger partial charge is 0.125 e. The molecule has 0 atom stereocenters. The van der Waals surface area contributed by atoms with Crippen molar-refractivity contribution in [1.29, 1.82) is 0 Å². The largest absolute Gasteiger partial charge is 0.275 e. The lowest BCUT2D eigenvalue weighted by atomic mass is 10.2. The Morgan fingerprint density at radius 3 is 2.64 bits per heavy atom. The minimum absolute atomic E-state index is 0.783. The first-order valence-corrected chi connectivity index (χ1v) is 4.47. The summed E-state index contributed by atoms with van der Waals surface area (Å²) in [6.45, 7) is 3.86. The molecule has 2 heterocycles. The van der Waals surface area contributed by atoms with Gasteiger partial charge in [0.05, 0.1) is 11.4 Å². The van der Waals surface area contributed by atoms with Crippen molar-refractivity contribution in [2.24, 2.45) is 7.05 Å². The third-order valence-electron chi connectivity index (χ3n) is 2.07. The molecule has 72 valence electrons. The average molecular weight is 188 g/mol. The second-order valence-electron chi connectivity index (χ2n) is 3.29. The Bertz CT molecular complexity index is 459. The first kappa shape index (κ1) is 8.87. The lowest BCUT2D eigenvalue weighted by Gasteiger charge is -1.97. The van der Waals surface area contributed by atoms with Crippen LogP contribution < -0.4 is 0 Å². The second kappa shape index (κ2) is 3.21. The summed E-state index contributed by atoms with van der Waals surface area (Å²) in [5.41, 5.74) is 2.99. The molecule has 14 heavy (non-hydrogen) atoms. The van der Waals surface area contributed by atoms with Gasteiger partial charge in [0, 0.05) is 25.0 Å². The molecule has 0 fully saturated rings. The summed E-state index contributed by atoms with van der Waals surface area (Å²) in [5, 5.41) is 4.27. The van der Waals surface area contributed by atoms with Gasteiger partial charge in [0.25, 0.3) is 0 Å². The summed E-state index contributed by atoms with van der Waals surface area (Å²) in [7, 11) is 1.91. The molecule has 0 aliphatic carbocycles. The van der Waals surface area contributed by atoms with Gasteiger partial charge in [0.1, 0.15) is 5.82 Å². The van der Waals surface area contributed by atoms with Gasteiger partial charge in [0.15, 0.2) is 0 Å². The van der Waals surface area contributed by atoms with Crippen LogP contribution in [0.1, 0.15) is 11.5 Å². The van der Waals surface area contributed by atoms with Crippen LogP contribution in [0.3, 0.4) is 0 Å². The highest BCUT2D eigenvalue weighted by molar-refractivity contribution is 5.60. The van der Waals surface area contributed by atoms with Gasteiger partial charge in [-0.05, 0) is 19.9 Å². The molecule has 0 saturated heterocycles. The molecule has 0 aliphatic heterocycles. The predicted octanol–water partition coefficient (Wildman–Crippen LogP) is 1.49. The van der Waals surface area contributed by atoms with E-state index in [0.29, 0.717) is 0 Å². The van der Waals surface area contributed by atoms with Crippen LogP contribution in [0.25, 0.3) is 11.3 Å². The molecule has 0 amide bonds. The molecular formula is C10H12N4. The van der Waals surface area contributed by atoms with E-state index in [1.807, 2.05) is 33.2 Å². The average Bonchev–Trinajstić information content (AvgIpc) is 2.45. The number of nitrogens with zero attached hydrogens (tertiary/aromatic N) is 4. The quantitative estimate of drug-likeness (QED) is 0.681. The molecule has 0 aliphatic rings. The van der Waals surface area contributed by atoms with Crippen LogP contribution in [0.15, 0.2) is 18.5 Å². The molecule has 4 heteroatoms. The fourth-order valence-corrected chi connectivity index (χ4v) is 1.46. The van der Waals surface area contributed by atoms with Crippen LogP contribution in [0.5, 0.6) is 0 Å². The molecule has 0 unspecified atom stereocenters. The molecule has 0 aromatic carbocycles. The SMILES string of the molecule is Cc1nccc(-c2cn(C)nc2C)n1. The van der Waals surface area contributed by atoms with Crippen LogP contribution in [0.2, 0.25) is 0 Å². The number of rotatable bonds is 1. The molecule has 2 aromatic heterocycles. The van der Waals surface area contributed by atoms with E-state index in [1.54, 1.807) is 10.9 Å². The Labute approximate surface area is 82.6 Å². The van der Waals surface area contributed by atoms with Crippen molar-refractivity contribution in [3.63, 3.8) is 0 Å². The molecule has 0 spiro atoms. The lowest BCUT2D eigenvalue weighted by Crippen LogP contribution is -1.89. The number of hydrogen-bond acceptors (Lipinski definition) is 3. The number of aryl methyl sites for hydroxylation is 3. The third kappa shape index (κ3) is 1.51. The first-order valence-electron chi connectivity index (χ1n) is 4.47. The van der Waals surface area contributed by atoms with Crippen molar-refractivity contribution in [2.45, 2.75) is 13.8 Å². The maximum Gasteiger partial charge on any atom is 0.125 e. The van der Waals surface area contributed by atoms with Crippen LogP contribution in [0, 0.1) is 13.8 Å². The molecule has 0 saturated carbocycles. The molecule has 0 bridgehead atoms. The van der Waals surface area contributed by atoms with Gasteiger partial charge >= 0.3 is 0 Å². The molecule has 2 rings (SSSR count). The van der Waals surface area contributed by atoms with E-state index in [0.717, 1.165) is 22.8 Å². The Hall–Kier alpha value is -1.71. The van der Waals surface area contributed by atoms with E-state index in [2.05, 4.69) is 15.1 Å². The zero-order valence-corrected chi connectivity index (χ0v) is 8.52. The summed E-state index contributed by atoms with van der Waals surface area (Å²) in [6.07, 6.45) is 3.74. The Kier molecular flexibility index (Phi) is 2.04. The summed E-state index contributed by atoms with van der Waals surface area (Å²) >= 11 is 0. The maximum absolute atomic E-state index is 4.35. The third-order valence-corrected chi connectivity index (χ3v) is 2.07. The van der Waals surface area contributed by atoms with Crippen molar-refractivity contribution in [3.8, 4) is 11.3 Å². The Balaban J connectivity index is 2.54. The maximum atomic E-state index is 4.35. The topological polar surface area (TPSA) is 43.6 Å². The van der Waals surface area contributed by atoms with Gasteiger partial charge in [-0.3, -0.25) is 4.68 Å². The molecule has 0 radical (unpaired) electrons. The highest BCUT2D eigenvalue weighted by Crippen LogP contribution is 2.19. The minimum atomic E-state index is 0.783. The Morgan fingerprint density at radius 2 is 2.07 bits per heavy atom. The predicted molar refractivity (Wildman–Crippen MR) is 53.7 cm³/mol. The fourth-order valence-electron chi connectivity index (χ4n) is 1.46. The number of hydrogen-bond donors (Lipinski definition) is 0.